The molecule has 0 aromatic rings. The summed E-state index contributed by atoms with van der Waals surface area (Å²) in [5, 5.41) is 21.7. The van der Waals surface area contributed by atoms with Crippen LogP contribution >= 0.6 is 0 Å². The van der Waals surface area contributed by atoms with Crippen LogP contribution in [0.3, 0.4) is 0 Å². The molecule has 3 nitrogen and oxygen atoms in total. The van der Waals surface area contributed by atoms with Crippen molar-refractivity contribution in [2.75, 3.05) is 13.2 Å². The van der Waals surface area contributed by atoms with E-state index in [1.165, 1.54) is 0 Å². The number of nitrogens with one attached hydrogen (secondary N) is 1. The quantitative estimate of drug-likeness (QED) is 0.647. The lowest BCUT2D eigenvalue weighted by molar-refractivity contribution is 0.191. The maximum Gasteiger partial charge on any atom is 0.111 e. The van der Waals surface area contributed by atoms with E-state index in [1.807, 2.05) is 6.92 Å². The smallest absolute Gasteiger partial charge is 0.111 e. The molecule has 0 radical (unpaired) electrons. The van der Waals surface area contributed by atoms with Gasteiger partial charge in [-0.1, -0.05) is 13.3 Å². The van der Waals surface area contributed by atoms with E-state index in [4.69, 9.17) is 5.11 Å². The fourth-order valence-corrected chi connectivity index (χ4v) is 2.13. The van der Waals surface area contributed by atoms with Gasteiger partial charge in [0.05, 0.1) is 0 Å². The van der Waals surface area contributed by atoms with Crippen LogP contribution < -0.4 is 5.32 Å². The molecule has 1 aliphatic rings. The molecule has 14 heavy (non-hydrogen) atoms. The maximum absolute atomic E-state index is 9.62. The van der Waals surface area contributed by atoms with E-state index in [9.17, 15) is 5.11 Å². The van der Waals surface area contributed by atoms with Gasteiger partial charge in [-0.05, 0) is 25.2 Å². The molecule has 0 amide bonds. The zero-order valence-corrected chi connectivity index (χ0v) is 9.08. The lowest BCUT2D eigenvalue weighted by Gasteiger charge is -2.30. The second-order valence-electron chi connectivity index (χ2n) is 4.10. The Morgan fingerprint density at radius 3 is 2.79 bits per heavy atom. The van der Waals surface area contributed by atoms with Gasteiger partial charge in [0.25, 0.3) is 0 Å². The fourth-order valence-electron chi connectivity index (χ4n) is 2.13. The first-order valence-corrected chi connectivity index (χ1v) is 5.42. The standard InChI is InChI=1S/C11H21NO2/c1-3-9(4-5-13)10-6-11(14)8(2)12-7-10/h9-10,12-14H,3-7H2,1-2H3/t9-,10+/m0/s1. The summed E-state index contributed by atoms with van der Waals surface area (Å²) in [6, 6.07) is 0. The molecule has 0 bridgehead atoms. The molecule has 2 atom stereocenters. The lowest BCUT2D eigenvalue weighted by atomic mass is 9.83. The molecular weight excluding hydrogens is 178 g/mol. The average Bonchev–Trinajstić information content (AvgIpc) is 2.19. The molecule has 3 heteroatoms. The number of hydrogen-bond donors (Lipinski definition) is 3. The van der Waals surface area contributed by atoms with Crippen molar-refractivity contribution in [1.82, 2.24) is 5.32 Å². The van der Waals surface area contributed by atoms with Crippen LogP contribution in [-0.2, 0) is 0 Å². The van der Waals surface area contributed by atoms with E-state index in [-0.39, 0.29) is 6.61 Å². The Morgan fingerprint density at radius 1 is 1.57 bits per heavy atom. The van der Waals surface area contributed by atoms with E-state index in [0.29, 0.717) is 17.6 Å². The SMILES string of the molecule is CC[C@@H](CCO)[C@H]1CNC(C)=C(O)C1. The normalized spacial score (nSPS) is 24.6. The van der Waals surface area contributed by atoms with Crippen LogP contribution in [0.15, 0.2) is 11.5 Å². The molecule has 82 valence electrons. The molecule has 0 aromatic heterocycles. The molecular formula is C11H21NO2. The van der Waals surface area contributed by atoms with Crippen molar-refractivity contribution in [2.24, 2.45) is 11.8 Å². The molecule has 0 spiro atoms. The second kappa shape index (κ2) is 5.25. The minimum Gasteiger partial charge on any atom is -0.511 e. The summed E-state index contributed by atoms with van der Waals surface area (Å²) in [7, 11) is 0. The van der Waals surface area contributed by atoms with Gasteiger partial charge < -0.3 is 15.5 Å². The van der Waals surface area contributed by atoms with E-state index in [2.05, 4.69) is 12.2 Å². The van der Waals surface area contributed by atoms with Gasteiger partial charge >= 0.3 is 0 Å². The molecule has 0 aromatic carbocycles. The summed E-state index contributed by atoms with van der Waals surface area (Å²) in [4.78, 5) is 0. The minimum absolute atomic E-state index is 0.248. The molecule has 0 saturated heterocycles. The number of aliphatic hydroxyl groups excluding tert-OH is 2. The predicted octanol–water partition coefficient (Wildman–Crippen LogP) is 1.79. The highest BCUT2D eigenvalue weighted by Crippen LogP contribution is 2.28. The number of aliphatic hydroxyl groups is 2. The molecule has 1 aliphatic heterocycles. The van der Waals surface area contributed by atoms with Crippen LogP contribution in [0.4, 0.5) is 0 Å². The monoisotopic (exact) mass is 199 g/mol. The van der Waals surface area contributed by atoms with Gasteiger partial charge in [0.1, 0.15) is 5.76 Å². The van der Waals surface area contributed by atoms with Crippen LogP contribution in [0.5, 0.6) is 0 Å². The highest BCUT2D eigenvalue weighted by atomic mass is 16.3. The molecule has 0 saturated carbocycles. The van der Waals surface area contributed by atoms with Gasteiger partial charge in [-0.3, -0.25) is 0 Å². The molecule has 1 heterocycles. The highest BCUT2D eigenvalue weighted by molar-refractivity contribution is 5.07. The minimum atomic E-state index is 0.248. The zero-order chi connectivity index (χ0) is 10.6. The fraction of sp³-hybridized carbons (Fsp3) is 0.818. The van der Waals surface area contributed by atoms with Crippen LogP contribution in [-0.4, -0.2) is 23.4 Å². The first-order chi connectivity index (χ1) is 6.69. The van der Waals surface area contributed by atoms with Crippen molar-refractivity contribution in [1.29, 1.82) is 0 Å². The Morgan fingerprint density at radius 2 is 2.29 bits per heavy atom. The summed E-state index contributed by atoms with van der Waals surface area (Å²) in [5.41, 5.74) is 0.903. The van der Waals surface area contributed by atoms with Crippen LogP contribution in [0.2, 0.25) is 0 Å². The van der Waals surface area contributed by atoms with Crippen molar-refractivity contribution in [3.8, 4) is 0 Å². The molecule has 0 fully saturated rings. The molecule has 0 unspecified atom stereocenters. The van der Waals surface area contributed by atoms with E-state index in [1.54, 1.807) is 0 Å². The summed E-state index contributed by atoms with van der Waals surface area (Å²) in [6.07, 6.45) is 2.67. The van der Waals surface area contributed by atoms with Gasteiger partial charge in [-0.15, -0.1) is 0 Å². The highest BCUT2D eigenvalue weighted by Gasteiger charge is 2.24. The van der Waals surface area contributed by atoms with Crippen molar-refractivity contribution in [3.63, 3.8) is 0 Å². The molecule has 3 N–H and O–H groups in total. The van der Waals surface area contributed by atoms with E-state index >= 15 is 0 Å². The Kier molecular flexibility index (Phi) is 4.26. The number of rotatable bonds is 4. The first-order valence-electron chi connectivity index (χ1n) is 5.42. The Hall–Kier alpha value is -0.700. The van der Waals surface area contributed by atoms with Crippen LogP contribution in [0.1, 0.15) is 33.1 Å². The van der Waals surface area contributed by atoms with E-state index < -0.39 is 0 Å². The van der Waals surface area contributed by atoms with Gasteiger partial charge in [0.2, 0.25) is 0 Å². The van der Waals surface area contributed by atoms with E-state index in [0.717, 1.165) is 31.5 Å². The van der Waals surface area contributed by atoms with Crippen molar-refractivity contribution in [2.45, 2.75) is 33.1 Å². The lowest BCUT2D eigenvalue weighted by Crippen LogP contribution is -2.33. The van der Waals surface area contributed by atoms with Crippen molar-refractivity contribution < 1.29 is 10.2 Å². The molecule has 0 aliphatic carbocycles. The number of hydrogen-bond acceptors (Lipinski definition) is 3. The third-order valence-electron chi connectivity index (χ3n) is 3.21. The van der Waals surface area contributed by atoms with Gasteiger partial charge in [-0.2, -0.15) is 0 Å². The predicted molar refractivity (Wildman–Crippen MR) is 56.9 cm³/mol. The van der Waals surface area contributed by atoms with Crippen molar-refractivity contribution in [3.05, 3.63) is 11.5 Å². The van der Waals surface area contributed by atoms with Crippen LogP contribution in [0.25, 0.3) is 0 Å². The van der Waals surface area contributed by atoms with Crippen LogP contribution in [0, 0.1) is 11.8 Å². The third kappa shape index (κ3) is 2.64. The summed E-state index contributed by atoms with van der Waals surface area (Å²) in [6.45, 7) is 5.22. The summed E-state index contributed by atoms with van der Waals surface area (Å²) >= 11 is 0. The first kappa shape index (κ1) is 11.4. The maximum atomic E-state index is 9.62. The largest absolute Gasteiger partial charge is 0.511 e. The molecule has 1 rings (SSSR count). The Bertz CT molecular complexity index is 213. The Labute approximate surface area is 85.8 Å². The van der Waals surface area contributed by atoms with Gasteiger partial charge in [-0.25, -0.2) is 0 Å². The third-order valence-corrected chi connectivity index (χ3v) is 3.21. The zero-order valence-electron chi connectivity index (χ0n) is 9.08. The van der Waals surface area contributed by atoms with Crippen molar-refractivity contribution >= 4 is 0 Å². The second-order valence-corrected chi connectivity index (χ2v) is 4.10. The average molecular weight is 199 g/mol. The number of allylic oxidation sites excluding steroid dienone is 2. The van der Waals surface area contributed by atoms with Gasteiger partial charge in [0.15, 0.2) is 0 Å². The summed E-state index contributed by atoms with van der Waals surface area (Å²) < 4.78 is 0. The topological polar surface area (TPSA) is 52.5 Å². The summed E-state index contributed by atoms with van der Waals surface area (Å²) in [5.74, 6) is 1.47. The Balaban J connectivity index is 2.54. The van der Waals surface area contributed by atoms with Gasteiger partial charge in [0, 0.05) is 25.3 Å².